The molecule has 6 heteroatoms. The summed E-state index contributed by atoms with van der Waals surface area (Å²) >= 11 is 0. The molecule has 1 aromatic rings. The molecule has 0 heterocycles. The Bertz CT molecular complexity index is 467. The maximum atomic E-state index is 11.9. The second-order valence-corrected chi connectivity index (χ2v) is 4.43. The number of anilines is 1. The summed E-state index contributed by atoms with van der Waals surface area (Å²) in [6.45, 7) is 3.17. The Kier molecular flexibility index (Phi) is 4.88. The molecule has 3 N–H and O–H groups in total. The van der Waals surface area contributed by atoms with Gasteiger partial charge in [-0.3, -0.25) is 4.90 Å². The van der Waals surface area contributed by atoms with Crippen molar-refractivity contribution in [3.05, 3.63) is 29.3 Å². The molecule has 0 aliphatic rings. The first kappa shape index (κ1) is 15.0. The van der Waals surface area contributed by atoms with Crippen molar-refractivity contribution < 1.29 is 19.8 Å². The van der Waals surface area contributed by atoms with Crippen LogP contribution in [0.1, 0.15) is 11.1 Å². The Hall–Kier alpha value is -2.08. The molecule has 2 amide bonds. The second kappa shape index (κ2) is 6.19. The predicted octanol–water partition coefficient (Wildman–Crippen LogP) is 0.895. The van der Waals surface area contributed by atoms with Crippen molar-refractivity contribution in [2.75, 3.05) is 18.6 Å². The Morgan fingerprint density at radius 1 is 1.26 bits per heavy atom. The highest BCUT2D eigenvalue weighted by molar-refractivity contribution is 5.94. The summed E-state index contributed by atoms with van der Waals surface area (Å²) in [5.41, 5.74) is 2.68. The third-order valence-corrected chi connectivity index (χ3v) is 2.68. The molecule has 0 spiro atoms. The molecule has 1 unspecified atom stereocenters. The zero-order valence-corrected chi connectivity index (χ0v) is 11.2. The fourth-order valence-corrected chi connectivity index (χ4v) is 1.69. The number of benzene rings is 1. The minimum absolute atomic E-state index is 0.577. The van der Waals surface area contributed by atoms with E-state index in [0.29, 0.717) is 5.69 Å². The number of carboxylic acid groups (broad SMARTS) is 1. The summed E-state index contributed by atoms with van der Waals surface area (Å²) in [5, 5.41) is 19.9. The fraction of sp³-hybridized carbons (Fsp3) is 0.385. The monoisotopic (exact) mass is 266 g/mol. The summed E-state index contributed by atoms with van der Waals surface area (Å²) < 4.78 is 0. The van der Waals surface area contributed by atoms with Crippen molar-refractivity contribution in [1.29, 1.82) is 0 Å². The van der Waals surface area contributed by atoms with Gasteiger partial charge in [0.15, 0.2) is 6.04 Å². The van der Waals surface area contributed by atoms with Gasteiger partial charge >= 0.3 is 12.0 Å². The number of aliphatic carboxylic acids is 1. The first-order chi connectivity index (χ1) is 8.85. The number of carbonyl (C=O) groups excluding carboxylic acids is 1. The van der Waals surface area contributed by atoms with Gasteiger partial charge in [-0.25, -0.2) is 9.59 Å². The van der Waals surface area contributed by atoms with E-state index in [2.05, 4.69) is 5.32 Å². The lowest BCUT2D eigenvalue weighted by atomic mass is 10.1. The van der Waals surface area contributed by atoms with Crippen molar-refractivity contribution in [3.63, 3.8) is 0 Å². The molecule has 0 bridgehead atoms. The zero-order chi connectivity index (χ0) is 14.6. The maximum Gasteiger partial charge on any atom is 0.328 e. The van der Waals surface area contributed by atoms with E-state index in [1.54, 1.807) is 7.05 Å². The standard InChI is InChI=1S/C13H18N2O4/c1-8-4-9(2)6-10(5-8)15(3)13(19)14-11(7-16)12(17)18/h4-6,11,16H,7H2,1-3H3,(H,14,19)(H,17,18). The van der Waals surface area contributed by atoms with Gasteiger partial charge in [0, 0.05) is 12.7 Å². The lowest BCUT2D eigenvalue weighted by Gasteiger charge is -2.21. The van der Waals surface area contributed by atoms with Crippen LogP contribution in [-0.2, 0) is 4.79 Å². The first-order valence-electron chi connectivity index (χ1n) is 5.81. The van der Waals surface area contributed by atoms with E-state index in [9.17, 15) is 9.59 Å². The van der Waals surface area contributed by atoms with Crippen molar-refractivity contribution in [2.24, 2.45) is 0 Å². The summed E-state index contributed by atoms with van der Waals surface area (Å²) in [7, 11) is 1.54. The molecule has 0 aromatic heterocycles. The van der Waals surface area contributed by atoms with Crippen LogP contribution >= 0.6 is 0 Å². The molecule has 1 aromatic carbocycles. The lowest BCUT2D eigenvalue weighted by molar-refractivity contribution is -0.140. The van der Waals surface area contributed by atoms with E-state index in [0.717, 1.165) is 11.1 Å². The van der Waals surface area contributed by atoms with E-state index >= 15 is 0 Å². The number of carbonyl (C=O) groups is 2. The first-order valence-corrected chi connectivity index (χ1v) is 5.81. The van der Waals surface area contributed by atoms with Crippen LogP contribution in [0.4, 0.5) is 10.5 Å². The molecular weight excluding hydrogens is 248 g/mol. The quantitative estimate of drug-likeness (QED) is 0.755. The maximum absolute atomic E-state index is 11.9. The van der Waals surface area contributed by atoms with Crippen LogP contribution in [0.25, 0.3) is 0 Å². The van der Waals surface area contributed by atoms with Gasteiger partial charge < -0.3 is 15.5 Å². The van der Waals surface area contributed by atoms with Crippen LogP contribution < -0.4 is 10.2 Å². The number of aliphatic hydroxyl groups is 1. The minimum Gasteiger partial charge on any atom is -0.480 e. The van der Waals surface area contributed by atoms with Gasteiger partial charge in [0.25, 0.3) is 0 Å². The molecule has 104 valence electrons. The van der Waals surface area contributed by atoms with Gasteiger partial charge in [0.2, 0.25) is 0 Å². The van der Waals surface area contributed by atoms with Gasteiger partial charge in [-0.1, -0.05) is 6.07 Å². The number of carboxylic acids is 1. The van der Waals surface area contributed by atoms with Gasteiger partial charge in [-0.05, 0) is 37.1 Å². The summed E-state index contributed by atoms with van der Waals surface area (Å²) in [4.78, 5) is 23.9. The van der Waals surface area contributed by atoms with Gasteiger partial charge in [-0.2, -0.15) is 0 Å². The predicted molar refractivity (Wildman–Crippen MR) is 71.4 cm³/mol. The second-order valence-electron chi connectivity index (χ2n) is 4.43. The normalized spacial score (nSPS) is 11.8. The third-order valence-electron chi connectivity index (χ3n) is 2.68. The van der Waals surface area contributed by atoms with Gasteiger partial charge in [0.1, 0.15) is 0 Å². The molecule has 6 nitrogen and oxygen atoms in total. The summed E-state index contributed by atoms with van der Waals surface area (Å²) in [6, 6.07) is 3.73. The minimum atomic E-state index is -1.30. The Balaban J connectivity index is 2.84. The number of nitrogens with one attached hydrogen (secondary N) is 1. The van der Waals surface area contributed by atoms with Gasteiger partial charge in [-0.15, -0.1) is 0 Å². The van der Waals surface area contributed by atoms with Crippen LogP contribution in [0.5, 0.6) is 0 Å². The fourth-order valence-electron chi connectivity index (χ4n) is 1.69. The van der Waals surface area contributed by atoms with Gasteiger partial charge in [0.05, 0.1) is 6.61 Å². The third kappa shape index (κ3) is 3.96. The van der Waals surface area contributed by atoms with E-state index in [1.807, 2.05) is 32.0 Å². The van der Waals surface area contributed by atoms with Crippen LogP contribution in [0.15, 0.2) is 18.2 Å². The topological polar surface area (TPSA) is 89.9 Å². The van der Waals surface area contributed by atoms with Crippen molar-refractivity contribution >= 4 is 17.7 Å². The van der Waals surface area contributed by atoms with E-state index in [1.165, 1.54) is 4.90 Å². The number of amides is 2. The van der Waals surface area contributed by atoms with E-state index in [4.69, 9.17) is 10.2 Å². The lowest BCUT2D eigenvalue weighted by Crippen LogP contribution is -2.48. The van der Waals surface area contributed by atoms with Crippen LogP contribution in [0.2, 0.25) is 0 Å². The molecule has 0 saturated carbocycles. The molecule has 0 aliphatic carbocycles. The smallest absolute Gasteiger partial charge is 0.328 e. The van der Waals surface area contributed by atoms with Crippen molar-refractivity contribution in [3.8, 4) is 0 Å². The SMILES string of the molecule is Cc1cc(C)cc(N(C)C(=O)NC(CO)C(=O)O)c1. The summed E-state index contributed by atoms with van der Waals surface area (Å²) in [5.74, 6) is -1.27. The molecule has 0 aliphatic heterocycles. The largest absolute Gasteiger partial charge is 0.480 e. The molecule has 0 saturated heterocycles. The van der Waals surface area contributed by atoms with Crippen molar-refractivity contribution in [1.82, 2.24) is 5.32 Å². The van der Waals surface area contributed by atoms with Crippen LogP contribution in [0, 0.1) is 13.8 Å². The number of aliphatic hydroxyl groups excluding tert-OH is 1. The average molecular weight is 266 g/mol. The van der Waals surface area contributed by atoms with Crippen LogP contribution in [0.3, 0.4) is 0 Å². The number of urea groups is 1. The Morgan fingerprint density at radius 3 is 2.21 bits per heavy atom. The molecule has 0 radical (unpaired) electrons. The highest BCUT2D eigenvalue weighted by Crippen LogP contribution is 2.17. The highest BCUT2D eigenvalue weighted by atomic mass is 16.4. The van der Waals surface area contributed by atoms with E-state index < -0.39 is 24.6 Å². The molecule has 1 rings (SSSR count). The number of rotatable bonds is 4. The highest BCUT2D eigenvalue weighted by Gasteiger charge is 2.21. The van der Waals surface area contributed by atoms with Crippen LogP contribution in [-0.4, -0.2) is 41.9 Å². The zero-order valence-electron chi connectivity index (χ0n) is 11.2. The molecule has 1 atom stereocenters. The van der Waals surface area contributed by atoms with Crippen molar-refractivity contribution in [2.45, 2.75) is 19.9 Å². The Morgan fingerprint density at radius 2 is 1.79 bits per heavy atom. The molecule has 19 heavy (non-hydrogen) atoms. The van der Waals surface area contributed by atoms with E-state index in [-0.39, 0.29) is 0 Å². The molecular formula is C13H18N2O4. The number of hydrogen-bond donors (Lipinski definition) is 3. The summed E-state index contributed by atoms with van der Waals surface area (Å²) in [6.07, 6.45) is 0. The number of aryl methyl sites for hydroxylation is 2. The number of hydrogen-bond acceptors (Lipinski definition) is 3. The molecule has 0 fully saturated rings. The average Bonchev–Trinajstić information content (AvgIpc) is 2.33. The number of nitrogens with zero attached hydrogens (tertiary/aromatic N) is 1. The Labute approximate surface area is 111 Å².